The molecule has 3 rings (SSSR count). The van der Waals surface area contributed by atoms with Gasteiger partial charge in [-0.1, -0.05) is 64.7 Å². The van der Waals surface area contributed by atoms with Crippen LogP contribution in [0.4, 0.5) is 0 Å². The molecule has 4 atom stereocenters. The van der Waals surface area contributed by atoms with Gasteiger partial charge < -0.3 is 14.6 Å². The Morgan fingerprint density at radius 3 is 1.73 bits per heavy atom. The fraction of sp³-hybridized carbons (Fsp3) is 0.479. The fourth-order valence-corrected chi connectivity index (χ4v) is 8.02. The fourth-order valence-electron chi connectivity index (χ4n) is 8.02. The summed E-state index contributed by atoms with van der Waals surface area (Å²) in [5.41, 5.74) is 0.703. The Bertz CT molecular complexity index is 1970. The third-order valence-electron chi connectivity index (χ3n) is 11.0. The molecule has 1 N–H and O–H groups in total. The number of aliphatic hydroxyl groups excluding tert-OH is 1. The molecule has 2 aliphatic rings. The zero-order valence-corrected chi connectivity index (χ0v) is 35.8. The highest BCUT2D eigenvalue weighted by molar-refractivity contribution is 6.41. The molecule has 302 valence electrons. The first-order valence-corrected chi connectivity index (χ1v) is 19.5. The first-order chi connectivity index (χ1) is 26.0. The zero-order valence-electron chi connectivity index (χ0n) is 35.8. The Kier molecular flexibility index (Phi) is 15.0. The summed E-state index contributed by atoms with van der Waals surface area (Å²) in [6.45, 7) is 24.6. The van der Waals surface area contributed by atoms with Gasteiger partial charge in [-0.3, -0.25) is 14.4 Å². The second-order valence-corrected chi connectivity index (χ2v) is 17.3. The summed E-state index contributed by atoms with van der Waals surface area (Å²) in [5, 5.41) is 12.3. The van der Waals surface area contributed by atoms with Crippen molar-refractivity contribution in [1.29, 1.82) is 0 Å². The van der Waals surface area contributed by atoms with Gasteiger partial charge in [0.1, 0.15) is 16.7 Å². The quantitative estimate of drug-likeness (QED) is 0.0377. The van der Waals surface area contributed by atoms with E-state index in [0.717, 1.165) is 22.3 Å². The van der Waals surface area contributed by atoms with Crippen molar-refractivity contribution in [2.75, 3.05) is 0 Å². The number of ketones is 3. The maximum atomic E-state index is 15.6. The van der Waals surface area contributed by atoms with Gasteiger partial charge in [0.25, 0.3) is 0 Å². The minimum Gasteiger partial charge on any atom is -0.506 e. The van der Waals surface area contributed by atoms with Gasteiger partial charge in [0.05, 0.1) is 5.41 Å². The van der Waals surface area contributed by atoms with Crippen LogP contribution in [0.2, 0.25) is 0 Å². The summed E-state index contributed by atoms with van der Waals surface area (Å²) in [6.07, 6.45) is 12.6. The van der Waals surface area contributed by atoms with Crippen LogP contribution in [0.1, 0.15) is 134 Å². The summed E-state index contributed by atoms with van der Waals surface area (Å²) in [4.78, 5) is 71.8. The molecule has 2 bridgehead atoms. The molecule has 0 saturated heterocycles. The number of benzene rings is 1. The van der Waals surface area contributed by atoms with Crippen LogP contribution in [-0.4, -0.2) is 34.4 Å². The summed E-state index contributed by atoms with van der Waals surface area (Å²) in [6, 6.07) is 4.01. The molecular formula is C48H62O8. The molecule has 0 heterocycles. The molecule has 8 nitrogen and oxygen atoms in total. The Morgan fingerprint density at radius 2 is 1.21 bits per heavy atom. The maximum absolute atomic E-state index is 15.6. The molecular weight excluding hydrogens is 705 g/mol. The number of carbonyl (C=O) groups excluding carboxylic acids is 5. The van der Waals surface area contributed by atoms with Crippen molar-refractivity contribution in [3.05, 3.63) is 99.2 Å². The van der Waals surface area contributed by atoms with Crippen LogP contribution in [0.25, 0.3) is 5.76 Å². The van der Waals surface area contributed by atoms with E-state index in [0.29, 0.717) is 30.4 Å². The van der Waals surface area contributed by atoms with E-state index in [-0.39, 0.29) is 42.2 Å². The number of aliphatic hydroxyl groups is 1. The third kappa shape index (κ3) is 9.74. The molecule has 0 amide bonds. The topological polar surface area (TPSA) is 124 Å². The van der Waals surface area contributed by atoms with Crippen LogP contribution < -0.4 is 9.47 Å². The molecule has 0 unspecified atom stereocenters. The van der Waals surface area contributed by atoms with Gasteiger partial charge in [0.2, 0.25) is 0 Å². The van der Waals surface area contributed by atoms with Crippen molar-refractivity contribution in [2.24, 2.45) is 22.2 Å². The van der Waals surface area contributed by atoms with Crippen LogP contribution >= 0.6 is 0 Å². The average Bonchev–Trinajstić information content (AvgIpc) is 3.06. The molecule has 0 radical (unpaired) electrons. The van der Waals surface area contributed by atoms with Gasteiger partial charge in [-0.05, 0) is 151 Å². The molecule has 0 aromatic heterocycles. The first-order valence-electron chi connectivity index (χ1n) is 19.5. The van der Waals surface area contributed by atoms with Crippen molar-refractivity contribution in [2.45, 2.75) is 129 Å². The van der Waals surface area contributed by atoms with E-state index in [1.54, 1.807) is 27.7 Å². The smallest absolute Gasteiger partial charge is 0.336 e. The number of hydrogen-bond donors (Lipinski definition) is 1. The molecule has 8 heteroatoms. The average molecular weight is 767 g/mol. The van der Waals surface area contributed by atoms with Gasteiger partial charge in [0, 0.05) is 17.7 Å². The minimum absolute atomic E-state index is 0.0156. The highest BCUT2D eigenvalue weighted by Crippen LogP contribution is 2.67. The van der Waals surface area contributed by atoms with E-state index in [2.05, 4.69) is 12.2 Å². The molecule has 0 aliphatic heterocycles. The van der Waals surface area contributed by atoms with Crippen LogP contribution in [0.15, 0.2) is 93.7 Å². The Morgan fingerprint density at radius 1 is 0.696 bits per heavy atom. The van der Waals surface area contributed by atoms with Gasteiger partial charge in [-0.25, -0.2) is 9.59 Å². The Hall–Kier alpha value is -4.85. The molecule has 56 heavy (non-hydrogen) atoms. The predicted octanol–water partition coefficient (Wildman–Crippen LogP) is 11.2. The first kappa shape index (κ1) is 45.5. The van der Waals surface area contributed by atoms with Crippen LogP contribution in [0.3, 0.4) is 0 Å². The van der Waals surface area contributed by atoms with Gasteiger partial charge in [-0.2, -0.15) is 0 Å². The molecule has 2 aliphatic carbocycles. The van der Waals surface area contributed by atoms with Gasteiger partial charge >= 0.3 is 11.9 Å². The molecule has 0 spiro atoms. The number of hydrogen-bond acceptors (Lipinski definition) is 8. The number of rotatable bonds is 14. The molecule has 1 aromatic carbocycles. The summed E-state index contributed by atoms with van der Waals surface area (Å²) < 4.78 is 11.1. The van der Waals surface area contributed by atoms with Crippen molar-refractivity contribution in [3.63, 3.8) is 0 Å². The molecule has 1 aromatic rings. The summed E-state index contributed by atoms with van der Waals surface area (Å²) in [5.74, 6) is -4.44. The normalized spacial score (nSPS) is 23.6. The largest absolute Gasteiger partial charge is 0.506 e. The summed E-state index contributed by atoms with van der Waals surface area (Å²) in [7, 11) is 0. The van der Waals surface area contributed by atoms with Gasteiger partial charge in [-0.15, -0.1) is 0 Å². The number of esters is 2. The third-order valence-corrected chi connectivity index (χ3v) is 11.0. The SMILES string of the molecule is CC(C)=CCC[C@]1(C)[C@@H](CC=C(C)C)C[C@@]2(CC=C(C)C)C(=O)C(=C(O)c3ccc(OC(=O)C=C(C)C)c(OC(=O)C=C(C)C)c3)C(=O)[C@]1(CC=C(C)C)C2=O. The van der Waals surface area contributed by atoms with Crippen LogP contribution in [0.5, 0.6) is 11.5 Å². The van der Waals surface area contributed by atoms with Crippen LogP contribution in [0, 0.1) is 22.2 Å². The standard InChI is InChI=1S/C48H62O8/c1-29(2)15-14-22-46(13)36(18-16-30(3)4)28-47(23-20-31(5)6)43(52)41(44(53)48(46,45(47)54)24-21-32(7)8)42(51)35-17-19-37(55-39(49)25-33(9)10)38(27-35)56-40(50)26-34(11)12/h15-17,19-21,25-27,36,51H,14,18,22-24,28H2,1-13H3/t36-,46+,47-,48+/m0/s1. The van der Waals surface area contributed by atoms with Crippen molar-refractivity contribution in [3.8, 4) is 11.5 Å². The zero-order chi connectivity index (χ0) is 42.3. The Balaban J connectivity index is 2.50. The number of allylic oxidation sites excluding steroid dienone is 11. The van der Waals surface area contributed by atoms with E-state index < -0.39 is 56.9 Å². The maximum Gasteiger partial charge on any atom is 0.336 e. The monoisotopic (exact) mass is 766 g/mol. The lowest BCUT2D eigenvalue weighted by Gasteiger charge is -2.61. The van der Waals surface area contributed by atoms with E-state index in [9.17, 15) is 14.7 Å². The number of fused-ring (bicyclic) bond motifs is 2. The number of Topliss-reactive ketones (excluding diaryl/α,β-unsaturated/α-hetero) is 3. The lowest BCUT2D eigenvalue weighted by atomic mass is 9.37. The molecule has 2 fully saturated rings. The van der Waals surface area contributed by atoms with Crippen LogP contribution in [-0.2, 0) is 24.0 Å². The lowest BCUT2D eigenvalue weighted by Crippen LogP contribution is -2.70. The number of ether oxygens (including phenoxy) is 2. The molecule has 2 saturated carbocycles. The summed E-state index contributed by atoms with van der Waals surface area (Å²) >= 11 is 0. The number of carbonyl (C=O) groups is 5. The van der Waals surface area contributed by atoms with E-state index in [1.165, 1.54) is 30.4 Å². The van der Waals surface area contributed by atoms with Crippen molar-refractivity contribution in [1.82, 2.24) is 0 Å². The van der Waals surface area contributed by atoms with E-state index in [1.807, 2.05) is 74.5 Å². The van der Waals surface area contributed by atoms with Gasteiger partial charge in [0.15, 0.2) is 28.8 Å². The van der Waals surface area contributed by atoms with E-state index >= 15 is 14.4 Å². The Labute approximate surface area is 334 Å². The lowest BCUT2D eigenvalue weighted by molar-refractivity contribution is -0.178. The highest BCUT2D eigenvalue weighted by atomic mass is 16.6. The highest BCUT2D eigenvalue weighted by Gasteiger charge is 2.74. The van der Waals surface area contributed by atoms with Crippen molar-refractivity contribution < 1.29 is 38.6 Å². The van der Waals surface area contributed by atoms with Crippen molar-refractivity contribution >= 4 is 35.0 Å². The predicted molar refractivity (Wildman–Crippen MR) is 223 cm³/mol. The second-order valence-electron chi connectivity index (χ2n) is 17.3. The minimum atomic E-state index is -1.69. The van der Waals surface area contributed by atoms with E-state index in [4.69, 9.17) is 9.47 Å². The second kappa shape index (κ2) is 18.4.